The number of rotatable bonds is 12. The summed E-state index contributed by atoms with van der Waals surface area (Å²) in [5.74, 6) is -58.5. The summed E-state index contributed by atoms with van der Waals surface area (Å²) in [7, 11) is 0. The van der Waals surface area contributed by atoms with E-state index in [1.54, 1.807) is 4.74 Å². The van der Waals surface area contributed by atoms with E-state index in [9.17, 15) is 106 Å². The maximum atomic E-state index is 13.7. The molecule has 0 aliphatic rings. The van der Waals surface area contributed by atoms with E-state index in [4.69, 9.17) is 0 Å². The average molecular weight is 682 g/mol. The van der Waals surface area contributed by atoms with Crippen molar-refractivity contribution in [3.8, 4) is 0 Å². The summed E-state index contributed by atoms with van der Waals surface area (Å²) >= 11 is 0. The molecule has 2 atom stereocenters. The number of carbonyl (C=O) groups is 1. The Kier molecular flexibility index (Phi) is 10.6. The van der Waals surface area contributed by atoms with Crippen LogP contribution in [0.2, 0.25) is 0 Å². The van der Waals surface area contributed by atoms with Gasteiger partial charge in [-0.3, -0.25) is 0 Å². The van der Waals surface area contributed by atoms with Crippen molar-refractivity contribution < 1.29 is 111 Å². The molecule has 25 heteroatoms. The van der Waals surface area contributed by atoms with Crippen molar-refractivity contribution in [2.45, 2.75) is 79.9 Å². The summed E-state index contributed by atoms with van der Waals surface area (Å²) in [5, 5.41) is 0. The zero-order valence-corrected chi connectivity index (χ0v) is 19.1. The van der Waals surface area contributed by atoms with Crippen LogP contribution in [0.4, 0.5) is 101 Å². The second kappa shape index (κ2) is 11.3. The van der Waals surface area contributed by atoms with Crippen molar-refractivity contribution in [1.29, 1.82) is 0 Å². The van der Waals surface area contributed by atoms with Crippen LogP contribution in [0.3, 0.4) is 0 Å². The molecular formula is C17H9F23O2. The fourth-order valence-electron chi connectivity index (χ4n) is 2.45. The Morgan fingerprint density at radius 3 is 1.29 bits per heavy atom. The highest BCUT2D eigenvalue weighted by molar-refractivity contribution is 5.90. The monoisotopic (exact) mass is 682 g/mol. The molecule has 42 heavy (non-hydrogen) atoms. The summed E-state index contributed by atoms with van der Waals surface area (Å²) in [6.45, 7) is 0.0663. The molecule has 0 heterocycles. The fourth-order valence-corrected chi connectivity index (χ4v) is 2.45. The van der Waals surface area contributed by atoms with Crippen LogP contribution >= 0.6 is 0 Å². The lowest BCUT2D eigenvalue weighted by atomic mass is 9.88. The van der Waals surface area contributed by atoms with Gasteiger partial charge in [-0.05, 0) is 12.8 Å². The topological polar surface area (TPSA) is 26.3 Å². The maximum absolute atomic E-state index is 13.7. The van der Waals surface area contributed by atoms with Gasteiger partial charge in [0.05, 0.1) is 5.92 Å². The van der Waals surface area contributed by atoms with Gasteiger partial charge in [0.2, 0.25) is 5.57 Å². The van der Waals surface area contributed by atoms with E-state index in [0.717, 1.165) is 0 Å². The van der Waals surface area contributed by atoms with Gasteiger partial charge >= 0.3 is 60.0 Å². The summed E-state index contributed by atoms with van der Waals surface area (Å²) in [6.07, 6.45) is -34.3. The first kappa shape index (κ1) is 39.6. The molecule has 0 aromatic heterocycles. The normalized spacial score (nSPS) is 16.7. The number of ether oxygens (including phenoxy) is 1. The molecule has 2 nitrogen and oxygen atoms in total. The van der Waals surface area contributed by atoms with Crippen LogP contribution < -0.4 is 0 Å². The molecule has 0 radical (unpaired) electrons. The molecule has 0 bridgehead atoms. The number of hydrogen-bond acceptors (Lipinski definition) is 2. The molecule has 0 saturated carbocycles. The van der Waals surface area contributed by atoms with Gasteiger partial charge in [0.15, 0.2) is 6.17 Å². The molecule has 0 aromatic rings. The van der Waals surface area contributed by atoms with Gasteiger partial charge in [-0.2, -0.15) is 96.6 Å². The molecular weight excluding hydrogens is 673 g/mol. The van der Waals surface area contributed by atoms with Crippen molar-refractivity contribution in [3.63, 3.8) is 0 Å². The van der Waals surface area contributed by atoms with Gasteiger partial charge in [-0.1, -0.05) is 6.92 Å². The average Bonchev–Trinajstić information content (AvgIpc) is 2.73. The van der Waals surface area contributed by atoms with Crippen molar-refractivity contribution in [3.05, 3.63) is 11.7 Å². The first-order valence-corrected chi connectivity index (χ1v) is 9.71. The molecule has 0 rings (SSSR count). The molecule has 0 aliphatic carbocycles. The molecule has 2 unspecified atom stereocenters. The minimum atomic E-state index is -8.96. The highest BCUT2D eigenvalue weighted by atomic mass is 19.4. The zero-order chi connectivity index (χ0) is 34.5. The first-order valence-electron chi connectivity index (χ1n) is 9.71. The Balaban J connectivity index is 6.65. The van der Waals surface area contributed by atoms with Gasteiger partial charge in [-0.15, -0.1) is 0 Å². The predicted octanol–water partition coefficient (Wildman–Crippen LogP) is 8.96. The van der Waals surface area contributed by atoms with Gasteiger partial charge in [0.25, 0.3) is 6.08 Å². The number of hydrogen-bond donors (Lipinski definition) is 0. The van der Waals surface area contributed by atoms with Gasteiger partial charge in [0, 0.05) is 0 Å². The summed E-state index contributed by atoms with van der Waals surface area (Å²) < 4.78 is 305. The third kappa shape index (κ3) is 6.56. The SMILES string of the molecule is CC(CCC(F)C(F)(F)C(F)(F)C(F)(F)C(F)(F)C(F)(F)C(F)(F)C(F)(F)OC(=O)C(=C(F)F)C(F)(F)F)C(F)(F)F. The highest BCUT2D eigenvalue weighted by Gasteiger charge is 2.94. The number of esters is 1. The van der Waals surface area contributed by atoms with Crippen LogP contribution in [0.25, 0.3) is 0 Å². The summed E-state index contributed by atoms with van der Waals surface area (Å²) in [6, 6.07) is 0. The lowest BCUT2D eigenvalue weighted by molar-refractivity contribution is -0.462. The molecule has 250 valence electrons. The van der Waals surface area contributed by atoms with Gasteiger partial charge in [-0.25, -0.2) is 9.18 Å². The summed E-state index contributed by atoms with van der Waals surface area (Å²) in [5.41, 5.74) is -4.28. The van der Waals surface area contributed by atoms with E-state index < -0.39 is 96.6 Å². The van der Waals surface area contributed by atoms with Crippen molar-refractivity contribution in [2.75, 3.05) is 0 Å². The van der Waals surface area contributed by atoms with Crippen LogP contribution in [0.1, 0.15) is 19.8 Å². The van der Waals surface area contributed by atoms with E-state index in [-0.39, 0.29) is 6.92 Å². The lowest BCUT2D eigenvalue weighted by Crippen LogP contribution is -2.74. The smallest absolute Gasteiger partial charge is 0.392 e. The summed E-state index contributed by atoms with van der Waals surface area (Å²) in [4.78, 5) is 10.8. The first-order chi connectivity index (χ1) is 18.0. The Morgan fingerprint density at radius 2 is 0.952 bits per heavy atom. The molecule has 0 aliphatic heterocycles. The van der Waals surface area contributed by atoms with Crippen molar-refractivity contribution in [2.24, 2.45) is 5.92 Å². The minimum Gasteiger partial charge on any atom is -0.392 e. The number of carbonyl (C=O) groups excluding carboxylic acids is 1. The molecule has 0 aromatic carbocycles. The third-order valence-corrected chi connectivity index (χ3v) is 5.06. The quantitative estimate of drug-likeness (QED) is 0.117. The maximum Gasteiger partial charge on any atom is 0.473 e. The highest BCUT2D eigenvalue weighted by Crippen LogP contribution is 2.63. The molecule has 0 spiro atoms. The van der Waals surface area contributed by atoms with Crippen LogP contribution in [-0.2, 0) is 9.53 Å². The standard InChI is InChI=1S/C17H9F23O2/c1-4(10(23,24)25)2-3-5(18)9(21,22)12(29,30)13(31,32)14(33,34)15(35,36)16(37,38)17(39,40)42-8(41)6(7(19)20)11(26,27)28/h4-5H,2-3H2,1H3. The van der Waals surface area contributed by atoms with Crippen LogP contribution in [-0.4, -0.2) is 66.1 Å². The third-order valence-electron chi connectivity index (χ3n) is 5.06. The second-order valence-electron chi connectivity index (χ2n) is 8.02. The Bertz CT molecular complexity index is 999. The van der Waals surface area contributed by atoms with Gasteiger partial charge in [0.1, 0.15) is 0 Å². The fraction of sp³-hybridized carbons (Fsp3) is 0.824. The van der Waals surface area contributed by atoms with Crippen molar-refractivity contribution >= 4 is 5.97 Å². The van der Waals surface area contributed by atoms with Crippen molar-refractivity contribution in [1.82, 2.24) is 0 Å². The van der Waals surface area contributed by atoms with E-state index in [2.05, 4.69) is 0 Å². The largest absolute Gasteiger partial charge is 0.473 e. The van der Waals surface area contributed by atoms with Crippen LogP contribution in [0.5, 0.6) is 0 Å². The Morgan fingerprint density at radius 1 is 0.595 bits per heavy atom. The van der Waals surface area contributed by atoms with Gasteiger partial charge < -0.3 is 4.74 Å². The number of alkyl halides is 21. The zero-order valence-electron chi connectivity index (χ0n) is 19.1. The lowest BCUT2D eigenvalue weighted by Gasteiger charge is -2.42. The predicted molar refractivity (Wildman–Crippen MR) is 85.4 cm³/mol. The van der Waals surface area contributed by atoms with Crippen LogP contribution in [0, 0.1) is 5.92 Å². The van der Waals surface area contributed by atoms with E-state index in [1.807, 2.05) is 0 Å². The minimum absolute atomic E-state index is 0.0663. The second-order valence-corrected chi connectivity index (χ2v) is 8.02. The molecule has 0 fully saturated rings. The van der Waals surface area contributed by atoms with E-state index in [0.29, 0.717) is 0 Å². The van der Waals surface area contributed by atoms with Crippen LogP contribution in [0.15, 0.2) is 11.7 Å². The number of halogens is 23. The molecule has 0 amide bonds. The van der Waals surface area contributed by atoms with E-state index >= 15 is 0 Å². The Hall–Kier alpha value is -2.40. The molecule has 0 N–H and O–H groups in total. The van der Waals surface area contributed by atoms with E-state index in [1.165, 1.54) is 0 Å². The molecule has 0 saturated heterocycles. The Labute approximate surface area is 215 Å².